The Balaban J connectivity index is 1.64. The lowest BCUT2D eigenvalue weighted by Crippen LogP contribution is -2.07. The van der Waals surface area contributed by atoms with Crippen molar-refractivity contribution in [1.29, 1.82) is 0 Å². The monoisotopic (exact) mass is 418 g/mol. The van der Waals surface area contributed by atoms with Gasteiger partial charge in [0.25, 0.3) is 0 Å². The summed E-state index contributed by atoms with van der Waals surface area (Å²) in [6, 6.07) is 15.1. The number of amides is 1. The van der Waals surface area contributed by atoms with Crippen LogP contribution < -0.4 is 5.32 Å². The van der Waals surface area contributed by atoms with Crippen LogP contribution in [0.3, 0.4) is 0 Å². The van der Waals surface area contributed by atoms with E-state index in [9.17, 15) is 4.79 Å². The number of halogens is 2. The van der Waals surface area contributed by atoms with E-state index in [1.165, 1.54) is 17.4 Å². The van der Waals surface area contributed by atoms with Crippen LogP contribution >= 0.6 is 38.9 Å². The number of hydrogen-bond acceptors (Lipinski definition) is 3. The number of hydrogen-bond donors (Lipinski definition) is 1. The van der Waals surface area contributed by atoms with Gasteiger partial charge in [0.1, 0.15) is 0 Å². The number of aromatic nitrogens is 1. The number of nitrogens with one attached hydrogen (secondary N) is 1. The van der Waals surface area contributed by atoms with Gasteiger partial charge in [-0.05, 0) is 35.9 Å². The van der Waals surface area contributed by atoms with E-state index in [1.807, 2.05) is 53.9 Å². The second kappa shape index (κ2) is 7.75. The van der Waals surface area contributed by atoms with Crippen molar-refractivity contribution in [2.24, 2.45) is 0 Å². The Morgan fingerprint density at radius 3 is 2.54 bits per heavy atom. The highest BCUT2D eigenvalue weighted by molar-refractivity contribution is 9.10. The van der Waals surface area contributed by atoms with E-state index in [-0.39, 0.29) is 5.91 Å². The zero-order chi connectivity index (χ0) is 16.9. The maximum atomic E-state index is 12.0. The summed E-state index contributed by atoms with van der Waals surface area (Å²) >= 11 is 10.6. The van der Waals surface area contributed by atoms with Crippen molar-refractivity contribution in [3.05, 3.63) is 75.0 Å². The maximum Gasteiger partial charge on any atom is 0.250 e. The second-order valence-corrected chi connectivity index (χ2v) is 7.13. The molecular formula is C18H12BrClN2OS. The van der Waals surface area contributed by atoms with Crippen LogP contribution in [0.15, 0.2) is 64.5 Å². The summed E-state index contributed by atoms with van der Waals surface area (Å²) in [5.74, 6) is -0.213. The van der Waals surface area contributed by atoms with Gasteiger partial charge >= 0.3 is 0 Å². The standard InChI is InChI=1S/C18H12BrClN2OS/c19-14-6-1-12(2-7-14)3-10-17(23)22-18-21-16(11-24-18)13-4-8-15(20)9-5-13/h1-11H,(H,21,22,23). The molecule has 0 radical (unpaired) electrons. The zero-order valence-electron chi connectivity index (χ0n) is 12.4. The van der Waals surface area contributed by atoms with Crippen LogP contribution in [-0.4, -0.2) is 10.9 Å². The molecule has 0 aliphatic heterocycles. The molecule has 1 amide bonds. The van der Waals surface area contributed by atoms with E-state index in [4.69, 9.17) is 11.6 Å². The van der Waals surface area contributed by atoms with Crippen LogP contribution in [0, 0.1) is 0 Å². The topological polar surface area (TPSA) is 42.0 Å². The van der Waals surface area contributed by atoms with E-state index >= 15 is 0 Å². The van der Waals surface area contributed by atoms with Crippen molar-refractivity contribution in [2.45, 2.75) is 0 Å². The fourth-order valence-corrected chi connectivity index (χ4v) is 3.09. The second-order valence-electron chi connectivity index (χ2n) is 4.92. The number of thiazole rings is 1. The van der Waals surface area contributed by atoms with Crippen molar-refractivity contribution in [3.8, 4) is 11.3 Å². The summed E-state index contributed by atoms with van der Waals surface area (Å²) < 4.78 is 1.00. The van der Waals surface area contributed by atoms with E-state index < -0.39 is 0 Å². The number of benzene rings is 2. The summed E-state index contributed by atoms with van der Waals surface area (Å²) in [6.07, 6.45) is 3.25. The lowest BCUT2D eigenvalue weighted by molar-refractivity contribution is -0.111. The highest BCUT2D eigenvalue weighted by Gasteiger charge is 2.06. The van der Waals surface area contributed by atoms with Gasteiger partial charge in [-0.3, -0.25) is 10.1 Å². The number of carbonyl (C=O) groups is 1. The molecule has 0 saturated heterocycles. The van der Waals surface area contributed by atoms with Gasteiger partial charge in [-0.25, -0.2) is 4.98 Å². The van der Waals surface area contributed by atoms with Gasteiger partial charge in [-0.1, -0.05) is 51.8 Å². The number of carbonyl (C=O) groups excluding carboxylic acids is 1. The first-order chi connectivity index (χ1) is 11.6. The molecule has 0 saturated carbocycles. The summed E-state index contributed by atoms with van der Waals surface area (Å²) in [7, 11) is 0. The molecule has 120 valence electrons. The van der Waals surface area contributed by atoms with Gasteiger partial charge in [0.15, 0.2) is 5.13 Å². The van der Waals surface area contributed by atoms with Crippen molar-refractivity contribution in [2.75, 3.05) is 5.32 Å². The Hall–Kier alpha value is -1.95. The lowest BCUT2D eigenvalue weighted by Gasteiger charge is -1.98. The molecule has 0 bridgehead atoms. The van der Waals surface area contributed by atoms with Gasteiger partial charge in [0, 0.05) is 26.5 Å². The minimum absolute atomic E-state index is 0.213. The van der Waals surface area contributed by atoms with E-state index in [0.29, 0.717) is 10.2 Å². The predicted molar refractivity (Wildman–Crippen MR) is 104 cm³/mol. The Morgan fingerprint density at radius 2 is 1.83 bits per heavy atom. The highest BCUT2D eigenvalue weighted by atomic mass is 79.9. The predicted octanol–water partition coefficient (Wildman–Crippen LogP) is 5.88. The molecule has 0 atom stereocenters. The van der Waals surface area contributed by atoms with Crippen LogP contribution in [0.2, 0.25) is 5.02 Å². The minimum atomic E-state index is -0.213. The number of anilines is 1. The Bertz CT molecular complexity index is 873. The van der Waals surface area contributed by atoms with Gasteiger partial charge in [-0.15, -0.1) is 11.3 Å². The summed E-state index contributed by atoms with van der Waals surface area (Å²) in [4.78, 5) is 16.4. The van der Waals surface area contributed by atoms with Crippen molar-refractivity contribution < 1.29 is 4.79 Å². The summed E-state index contributed by atoms with van der Waals surface area (Å²) in [6.45, 7) is 0. The van der Waals surface area contributed by atoms with Crippen LogP contribution in [-0.2, 0) is 4.79 Å². The van der Waals surface area contributed by atoms with Crippen LogP contribution in [0.5, 0.6) is 0 Å². The smallest absolute Gasteiger partial charge is 0.250 e. The number of rotatable bonds is 4. The molecule has 0 fully saturated rings. The van der Waals surface area contributed by atoms with E-state index in [2.05, 4.69) is 26.2 Å². The largest absolute Gasteiger partial charge is 0.298 e. The minimum Gasteiger partial charge on any atom is -0.298 e. The molecule has 0 aliphatic rings. The molecule has 0 aliphatic carbocycles. The Morgan fingerprint density at radius 1 is 1.12 bits per heavy atom. The third kappa shape index (κ3) is 4.54. The van der Waals surface area contributed by atoms with Crippen LogP contribution in [0.4, 0.5) is 5.13 Å². The zero-order valence-corrected chi connectivity index (χ0v) is 15.5. The first-order valence-electron chi connectivity index (χ1n) is 7.06. The quantitative estimate of drug-likeness (QED) is 0.537. The SMILES string of the molecule is O=C(C=Cc1ccc(Br)cc1)Nc1nc(-c2ccc(Cl)cc2)cs1. The average molecular weight is 420 g/mol. The molecular weight excluding hydrogens is 408 g/mol. The molecule has 2 aromatic carbocycles. The molecule has 0 unspecified atom stereocenters. The molecule has 3 rings (SSSR count). The van der Waals surface area contributed by atoms with Gasteiger partial charge in [-0.2, -0.15) is 0 Å². The molecule has 1 heterocycles. The van der Waals surface area contributed by atoms with Crippen LogP contribution in [0.25, 0.3) is 17.3 Å². The third-order valence-corrected chi connectivity index (χ3v) is 4.71. The summed E-state index contributed by atoms with van der Waals surface area (Å²) in [5, 5.41) is 5.91. The average Bonchev–Trinajstić information content (AvgIpc) is 3.03. The van der Waals surface area contributed by atoms with Crippen molar-refractivity contribution in [1.82, 2.24) is 4.98 Å². The molecule has 24 heavy (non-hydrogen) atoms. The van der Waals surface area contributed by atoms with Crippen molar-refractivity contribution >= 4 is 56.0 Å². The van der Waals surface area contributed by atoms with E-state index in [1.54, 1.807) is 6.08 Å². The summed E-state index contributed by atoms with van der Waals surface area (Å²) in [5.41, 5.74) is 2.72. The Labute approximate surface area is 157 Å². The molecule has 1 N–H and O–H groups in total. The normalized spacial score (nSPS) is 10.9. The van der Waals surface area contributed by atoms with E-state index in [0.717, 1.165) is 21.3 Å². The Kier molecular flexibility index (Phi) is 5.45. The third-order valence-electron chi connectivity index (χ3n) is 3.17. The van der Waals surface area contributed by atoms with Gasteiger partial charge in [0.05, 0.1) is 5.69 Å². The molecule has 3 nitrogen and oxygen atoms in total. The van der Waals surface area contributed by atoms with Crippen LogP contribution in [0.1, 0.15) is 5.56 Å². The van der Waals surface area contributed by atoms with Crippen molar-refractivity contribution in [3.63, 3.8) is 0 Å². The highest BCUT2D eigenvalue weighted by Crippen LogP contribution is 2.26. The lowest BCUT2D eigenvalue weighted by atomic mass is 10.2. The molecule has 6 heteroatoms. The first-order valence-corrected chi connectivity index (χ1v) is 9.11. The molecule has 0 spiro atoms. The first kappa shape index (κ1) is 16.9. The maximum absolute atomic E-state index is 12.0. The number of nitrogens with zero attached hydrogens (tertiary/aromatic N) is 1. The fourth-order valence-electron chi connectivity index (χ4n) is 1.98. The fraction of sp³-hybridized carbons (Fsp3) is 0. The molecule has 3 aromatic rings. The van der Waals surface area contributed by atoms with Gasteiger partial charge in [0.2, 0.25) is 5.91 Å². The van der Waals surface area contributed by atoms with Gasteiger partial charge < -0.3 is 0 Å². The molecule has 1 aromatic heterocycles.